The summed E-state index contributed by atoms with van der Waals surface area (Å²) >= 11 is 0. The van der Waals surface area contributed by atoms with Gasteiger partial charge in [-0.3, -0.25) is 0 Å². The molecule has 0 aromatic heterocycles. The second kappa shape index (κ2) is 5.53. The van der Waals surface area contributed by atoms with Crippen LogP contribution in [0.3, 0.4) is 0 Å². The molecule has 0 aliphatic rings. The molecule has 0 heterocycles. The third-order valence-corrected chi connectivity index (χ3v) is 3.72. The van der Waals surface area contributed by atoms with Gasteiger partial charge in [-0.15, -0.1) is 0 Å². The number of hydrogen-bond donors (Lipinski definition) is 3. The van der Waals surface area contributed by atoms with Crippen LogP contribution in [0.25, 0.3) is 0 Å². The van der Waals surface area contributed by atoms with Gasteiger partial charge >= 0.3 is 8.80 Å². The van der Waals surface area contributed by atoms with Gasteiger partial charge in [0.2, 0.25) is 5.82 Å². The van der Waals surface area contributed by atoms with Gasteiger partial charge in [0.25, 0.3) is 0 Å². The summed E-state index contributed by atoms with van der Waals surface area (Å²) in [4.78, 5) is 26.4. The average molecular weight is 302 g/mol. The van der Waals surface area contributed by atoms with Crippen LogP contribution in [0.2, 0.25) is 6.04 Å². The van der Waals surface area contributed by atoms with Crippen LogP contribution in [0.4, 0.5) is 22.0 Å². The molecule has 19 heavy (non-hydrogen) atoms. The standard InChI is InChI=1S/C10H11F5O3Si/c1-4(3-19(16,17)18)2-5-6(11)8(13)10(15)9(14)7(5)12/h4,16-18H,2-3H2,1H3. The molecule has 1 aromatic carbocycles. The number of benzene rings is 1. The Hall–Kier alpha value is -1.03. The first kappa shape index (κ1) is 16.0. The second-order valence-electron chi connectivity index (χ2n) is 4.34. The normalized spacial score (nSPS) is 13.7. The van der Waals surface area contributed by atoms with Crippen LogP contribution < -0.4 is 0 Å². The summed E-state index contributed by atoms with van der Waals surface area (Å²) in [6.07, 6.45) is -0.623. The first-order valence-corrected chi connectivity index (χ1v) is 7.27. The van der Waals surface area contributed by atoms with Crippen molar-refractivity contribution in [3.05, 3.63) is 34.6 Å². The van der Waals surface area contributed by atoms with Crippen LogP contribution >= 0.6 is 0 Å². The van der Waals surface area contributed by atoms with Gasteiger partial charge in [0, 0.05) is 11.6 Å². The zero-order chi connectivity index (χ0) is 15.0. The smallest absolute Gasteiger partial charge is 0.390 e. The second-order valence-corrected chi connectivity index (χ2v) is 6.29. The average Bonchev–Trinajstić information content (AvgIpc) is 2.27. The van der Waals surface area contributed by atoms with Gasteiger partial charge in [0.15, 0.2) is 23.3 Å². The van der Waals surface area contributed by atoms with E-state index in [0.29, 0.717) is 0 Å². The maximum atomic E-state index is 13.3. The molecule has 3 N–H and O–H groups in total. The molecule has 1 aromatic rings. The first-order valence-electron chi connectivity index (χ1n) is 5.22. The Morgan fingerprint density at radius 1 is 0.842 bits per heavy atom. The summed E-state index contributed by atoms with van der Waals surface area (Å²) in [5.41, 5.74) is -1.04. The van der Waals surface area contributed by atoms with Crippen molar-refractivity contribution < 1.29 is 36.3 Å². The SMILES string of the molecule is CC(Cc1c(F)c(F)c(F)c(F)c1F)C[Si](O)(O)O. The maximum Gasteiger partial charge on any atom is 0.493 e. The van der Waals surface area contributed by atoms with Crippen molar-refractivity contribution in [3.8, 4) is 0 Å². The summed E-state index contributed by atoms with van der Waals surface area (Å²) in [6.45, 7) is 1.28. The fourth-order valence-corrected chi connectivity index (χ4v) is 2.80. The third-order valence-electron chi connectivity index (χ3n) is 2.48. The lowest BCUT2D eigenvalue weighted by atomic mass is 10.0. The fourth-order valence-electron chi connectivity index (χ4n) is 1.72. The van der Waals surface area contributed by atoms with E-state index in [1.165, 1.54) is 6.92 Å². The molecule has 0 radical (unpaired) electrons. The number of hydrogen-bond acceptors (Lipinski definition) is 3. The maximum absolute atomic E-state index is 13.3. The van der Waals surface area contributed by atoms with Gasteiger partial charge in [-0.1, -0.05) is 6.92 Å². The minimum atomic E-state index is -4.45. The first-order chi connectivity index (χ1) is 8.54. The molecule has 1 unspecified atom stereocenters. The Kier molecular flexibility index (Phi) is 4.66. The monoisotopic (exact) mass is 302 g/mol. The van der Waals surface area contributed by atoms with Crippen molar-refractivity contribution in [1.29, 1.82) is 0 Å². The lowest BCUT2D eigenvalue weighted by Gasteiger charge is -2.17. The molecule has 3 nitrogen and oxygen atoms in total. The van der Waals surface area contributed by atoms with E-state index in [-0.39, 0.29) is 0 Å². The highest BCUT2D eigenvalue weighted by Crippen LogP contribution is 2.26. The molecular formula is C10H11F5O3Si. The van der Waals surface area contributed by atoms with Crippen molar-refractivity contribution in [2.75, 3.05) is 0 Å². The quantitative estimate of drug-likeness (QED) is 0.342. The van der Waals surface area contributed by atoms with E-state index in [9.17, 15) is 22.0 Å². The molecule has 9 heteroatoms. The van der Waals surface area contributed by atoms with E-state index in [1.807, 2.05) is 0 Å². The van der Waals surface area contributed by atoms with Gasteiger partial charge in [-0.05, 0) is 12.3 Å². The minimum Gasteiger partial charge on any atom is -0.390 e. The van der Waals surface area contributed by atoms with Crippen molar-refractivity contribution >= 4 is 8.80 Å². The van der Waals surface area contributed by atoms with Gasteiger partial charge in [-0.2, -0.15) is 0 Å². The molecule has 0 saturated heterocycles. The Bertz CT molecular complexity index is 460. The molecule has 0 fully saturated rings. The van der Waals surface area contributed by atoms with Gasteiger partial charge in [0.1, 0.15) is 0 Å². The predicted molar refractivity (Wildman–Crippen MR) is 56.3 cm³/mol. The summed E-state index contributed by atoms with van der Waals surface area (Å²) in [5.74, 6) is -11.1. The van der Waals surface area contributed by atoms with E-state index in [2.05, 4.69) is 0 Å². The molecule has 0 spiro atoms. The van der Waals surface area contributed by atoms with Crippen molar-refractivity contribution in [3.63, 3.8) is 0 Å². The molecule has 0 amide bonds. The largest absolute Gasteiger partial charge is 0.493 e. The zero-order valence-corrected chi connectivity index (χ0v) is 10.7. The molecule has 0 aliphatic carbocycles. The van der Waals surface area contributed by atoms with E-state index in [0.717, 1.165) is 0 Å². The van der Waals surface area contributed by atoms with E-state index in [1.54, 1.807) is 0 Å². The fraction of sp³-hybridized carbons (Fsp3) is 0.400. The summed E-state index contributed by atoms with van der Waals surface area (Å²) in [7, 11) is -4.45. The summed E-state index contributed by atoms with van der Waals surface area (Å²) in [5, 5.41) is 0. The molecule has 1 rings (SSSR count). The summed E-state index contributed by atoms with van der Waals surface area (Å²) in [6, 6.07) is -0.577. The van der Waals surface area contributed by atoms with Gasteiger partial charge in [0.05, 0.1) is 0 Å². The number of halogens is 5. The predicted octanol–water partition coefficient (Wildman–Crippen LogP) is 1.48. The highest BCUT2D eigenvalue weighted by atomic mass is 28.4. The van der Waals surface area contributed by atoms with Crippen molar-refractivity contribution in [1.82, 2.24) is 0 Å². The lowest BCUT2D eigenvalue weighted by molar-refractivity contribution is 0.218. The highest BCUT2D eigenvalue weighted by molar-refractivity contribution is 6.56. The van der Waals surface area contributed by atoms with Crippen molar-refractivity contribution in [2.45, 2.75) is 19.4 Å². The summed E-state index contributed by atoms with van der Waals surface area (Å²) < 4.78 is 65.1. The van der Waals surface area contributed by atoms with Crippen LogP contribution in [0.1, 0.15) is 12.5 Å². The Morgan fingerprint density at radius 2 is 1.21 bits per heavy atom. The van der Waals surface area contributed by atoms with E-state index >= 15 is 0 Å². The molecule has 0 bridgehead atoms. The van der Waals surface area contributed by atoms with Crippen LogP contribution in [-0.4, -0.2) is 23.2 Å². The highest BCUT2D eigenvalue weighted by Gasteiger charge is 2.32. The van der Waals surface area contributed by atoms with Crippen LogP contribution in [-0.2, 0) is 6.42 Å². The Morgan fingerprint density at radius 3 is 1.58 bits per heavy atom. The molecule has 0 aliphatic heterocycles. The van der Waals surface area contributed by atoms with Crippen LogP contribution in [0.15, 0.2) is 0 Å². The van der Waals surface area contributed by atoms with Gasteiger partial charge in [-0.25, -0.2) is 22.0 Å². The van der Waals surface area contributed by atoms with Crippen molar-refractivity contribution in [2.24, 2.45) is 5.92 Å². The minimum absolute atomic E-state index is 0.577. The van der Waals surface area contributed by atoms with Crippen LogP contribution in [0.5, 0.6) is 0 Å². The van der Waals surface area contributed by atoms with E-state index < -0.39 is 61.8 Å². The Balaban J connectivity index is 3.09. The molecule has 0 saturated carbocycles. The third kappa shape index (κ3) is 3.72. The van der Waals surface area contributed by atoms with Crippen LogP contribution in [0, 0.1) is 35.0 Å². The molecule has 1 atom stereocenters. The zero-order valence-electron chi connectivity index (χ0n) is 9.72. The van der Waals surface area contributed by atoms with Gasteiger partial charge < -0.3 is 14.4 Å². The number of rotatable bonds is 4. The Labute approximate surface area is 106 Å². The van der Waals surface area contributed by atoms with E-state index in [4.69, 9.17) is 14.4 Å². The molecular weight excluding hydrogens is 291 g/mol. The molecule has 108 valence electrons. The lowest BCUT2D eigenvalue weighted by Crippen LogP contribution is -2.36. The topological polar surface area (TPSA) is 60.7 Å².